The topological polar surface area (TPSA) is 91.8 Å². The van der Waals surface area contributed by atoms with Crippen LogP contribution in [0.3, 0.4) is 0 Å². The summed E-state index contributed by atoms with van der Waals surface area (Å²) in [5.41, 5.74) is 0. The van der Waals surface area contributed by atoms with Gasteiger partial charge in [0.2, 0.25) is 0 Å². The minimum atomic E-state index is -0.0642. The summed E-state index contributed by atoms with van der Waals surface area (Å²) in [6, 6.07) is 3.42. The number of amides is 1. The molecule has 0 unspecified atom stereocenters. The molecule has 134 valence electrons. The van der Waals surface area contributed by atoms with E-state index in [0.29, 0.717) is 25.4 Å². The van der Waals surface area contributed by atoms with Gasteiger partial charge in [-0.25, -0.2) is 9.98 Å². The Kier molecular flexibility index (Phi) is 5.32. The number of piperazine rings is 1. The van der Waals surface area contributed by atoms with Crippen molar-refractivity contribution < 1.29 is 9.21 Å². The summed E-state index contributed by atoms with van der Waals surface area (Å²) in [6.45, 7) is 5.98. The number of carbonyl (C=O) groups is 1. The summed E-state index contributed by atoms with van der Waals surface area (Å²) in [5, 5.41) is 7.36. The van der Waals surface area contributed by atoms with E-state index in [1.54, 1.807) is 16.8 Å². The van der Waals surface area contributed by atoms with Gasteiger partial charge >= 0.3 is 0 Å². The molecule has 0 spiro atoms. The van der Waals surface area contributed by atoms with Crippen molar-refractivity contribution in [2.24, 2.45) is 12.0 Å². The number of guanidine groups is 1. The molecule has 2 aromatic rings. The molecule has 0 aromatic carbocycles. The summed E-state index contributed by atoms with van der Waals surface area (Å²) >= 11 is 0. The van der Waals surface area contributed by atoms with Crippen molar-refractivity contribution in [3.63, 3.8) is 0 Å². The number of carbonyl (C=O) groups excluding carboxylic acids is 1. The van der Waals surface area contributed by atoms with Crippen molar-refractivity contribution in [2.45, 2.75) is 13.5 Å². The Balaban J connectivity index is 1.60. The monoisotopic (exact) mass is 345 g/mol. The van der Waals surface area contributed by atoms with Gasteiger partial charge in [-0.2, -0.15) is 5.10 Å². The quantitative estimate of drug-likeness (QED) is 0.634. The fourth-order valence-electron chi connectivity index (χ4n) is 2.71. The molecule has 25 heavy (non-hydrogen) atoms. The zero-order valence-corrected chi connectivity index (χ0v) is 14.6. The molecule has 1 fully saturated rings. The highest BCUT2D eigenvalue weighted by atomic mass is 16.3. The Bertz CT molecular complexity index is 715. The largest absolute Gasteiger partial charge is 0.459 e. The molecule has 0 radical (unpaired) electrons. The third kappa shape index (κ3) is 3.98. The lowest BCUT2D eigenvalue weighted by molar-refractivity contribution is 0.0657. The molecular weight excluding hydrogens is 322 g/mol. The summed E-state index contributed by atoms with van der Waals surface area (Å²) in [6.07, 6.45) is 3.04. The van der Waals surface area contributed by atoms with Crippen molar-refractivity contribution in [1.29, 1.82) is 0 Å². The Labute approximate surface area is 146 Å². The second-order valence-corrected chi connectivity index (χ2v) is 5.73. The van der Waals surface area contributed by atoms with Gasteiger partial charge in [-0.15, -0.1) is 0 Å². The summed E-state index contributed by atoms with van der Waals surface area (Å²) in [7, 11) is 1.85. The van der Waals surface area contributed by atoms with Gasteiger partial charge in [0.15, 0.2) is 11.7 Å². The van der Waals surface area contributed by atoms with Crippen LogP contribution in [0.2, 0.25) is 0 Å². The zero-order valence-electron chi connectivity index (χ0n) is 14.6. The number of hydrogen-bond acceptors (Lipinski definition) is 5. The smallest absolute Gasteiger partial charge is 0.289 e. The molecule has 1 aliphatic rings. The lowest BCUT2D eigenvalue weighted by atomic mass is 10.3. The summed E-state index contributed by atoms with van der Waals surface area (Å²) in [5.74, 6) is 1.96. The van der Waals surface area contributed by atoms with E-state index < -0.39 is 0 Å². The van der Waals surface area contributed by atoms with Crippen LogP contribution >= 0.6 is 0 Å². The highest BCUT2D eigenvalue weighted by Gasteiger charge is 2.25. The van der Waals surface area contributed by atoms with E-state index in [-0.39, 0.29) is 5.91 Å². The van der Waals surface area contributed by atoms with E-state index in [4.69, 9.17) is 4.42 Å². The molecule has 0 bridgehead atoms. The number of rotatable bonds is 4. The molecule has 0 saturated carbocycles. The highest BCUT2D eigenvalue weighted by Crippen LogP contribution is 2.10. The van der Waals surface area contributed by atoms with Crippen molar-refractivity contribution in [1.82, 2.24) is 29.9 Å². The van der Waals surface area contributed by atoms with Crippen LogP contribution in [0, 0.1) is 0 Å². The maximum atomic E-state index is 12.3. The molecule has 1 aliphatic heterocycles. The first-order chi connectivity index (χ1) is 12.2. The van der Waals surface area contributed by atoms with E-state index in [9.17, 15) is 4.79 Å². The normalized spacial score (nSPS) is 15.5. The van der Waals surface area contributed by atoms with Gasteiger partial charge in [-0.3, -0.25) is 9.48 Å². The first kappa shape index (κ1) is 17.0. The van der Waals surface area contributed by atoms with Crippen molar-refractivity contribution in [3.8, 4) is 0 Å². The molecule has 0 atom stereocenters. The Morgan fingerprint density at radius 2 is 2.08 bits per heavy atom. The van der Waals surface area contributed by atoms with E-state index in [1.807, 2.05) is 18.9 Å². The van der Waals surface area contributed by atoms with E-state index in [2.05, 4.69) is 25.3 Å². The van der Waals surface area contributed by atoms with Gasteiger partial charge in [0.25, 0.3) is 5.91 Å². The second kappa shape index (κ2) is 7.82. The van der Waals surface area contributed by atoms with Gasteiger partial charge in [0.05, 0.1) is 6.26 Å². The molecule has 3 rings (SSSR count). The van der Waals surface area contributed by atoms with Gasteiger partial charge in [-0.05, 0) is 19.1 Å². The van der Waals surface area contributed by atoms with E-state index in [0.717, 1.165) is 31.4 Å². The van der Waals surface area contributed by atoms with E-state index in [1.165, 1.54) is 12.6 Å². The fourth-order valence-corrected chi connectivity index (χ4v) is 2.71. The van der Waals surface area contributed by atoms with Crippen molar-refractivity contribution in [3.05, 3.63) is 36.3 Å². The van der Waals surface area contributed by atoms with Crippen LogP contribution in [0.5, 0.6) is 0 Å². The molecule has 9 heteroatoms. The van der Waals surface area contributed by atoms with Crippen LogP contribution in [0.4, 0.5) is 0 Å². The maximum Gasteiger partial charge on any atom is 0.289 e. The number of nitrogens with zero attached hydrogens (tertiary/aromatic N) is 6. The predicted octanol–water partition coefficient (Wildman–Crippen LogP) is 0.332. The molecule has 1 saturated heterocycles. The summed E-state index contributed by atoms with van der Waals surface area (Å²) in [4.78, 5) is 25.1. The average molecular weight is 345 g/mol. The first-order valence-corrected chi connectivity index (χ1v) is 8.38. The summed E-state index contributed by atoms with van der Waals surface area (Å²) < 4.78 is 6.91. The number of aliphatic imine (C=N–C) groups is 1. The van der Waals surface area contributed by atoms with Gasteiger partial charge in [0.1, 0.15) is 18.7 Å². The molecule has 9 nitrogen and oxygen atoms in total. The second-order valence-electron chi connectivity index (χ2n) is 5.73. The predicted molar refractivity (Wildman–Crippen MR) is 92.0 cm³/mol. The Morgan fingerprint density at radius 3 is 2.68 bits per heavy atom. The van der Waals surface area contributed by atoms with Gasteiger partial charge < -0.3 is 19.5 Å². The minimum Gasteiger partial charge on any atom is -0.459 e. The number of hydrogen-bond donors (Lipinski definition) is 1. The number of aromatic nitrogens is 3. The molecular formula is C16H23N7O2. The first-order valence-electron chi connectivity index (χ1n) is 8.38. The van der Waals surface area contributed by atoms with Crippen LogP contribution in [0.1, 0.15) is 23.3 Å². The van der Waals surface area contributed by atoms with E-state index >= 15 is 0 Å². The maximum absolute atomic E-state index is 12.3. The van der Waals surface area contributed by atoms with Crippen LogP contribution in [0.25, 0.3) is 0 Å². The fraction of sp³-hybridized carbons (Fsp3) is 0.500. The lowest BCUT2D eigenvalue weighted by Crippen LogP contribution is -2.53. The van der Waals surface area contributed by atoms with Gasteiger partial charge in [0, 0.05) is 39.8 Å². The third-order valence-electron chi connectivity index (χ3n) is 4.11. The molecule has 1 N–H and O–H groups in total. The molecule has 1 amide bonds. The van der Waals surface area contributed by atoms with Crippen molar-refractivity contribution in [2.75, 3.05) is 32.7 Å². The third-order valence-corrected chi connectivity index (χ3v) is 4.11. The molecule has 0 aliphatic carbocycles. The number of furan rings is 1. The number of aryl methyl sites for hydroxylation is 1. The van der Waals surface area contributed by atoms with Crippen LogP contribution in [-0.2, 0) is 13.6 Å². The average Bonchev–Trinajstić information content (AvgIpc) is 3.30. The van der Waals surface area contributed by atoms with Gasteiger partial charge in [-0.1, -0.05) is 0 Å². The van der Waals surface area contributed by atoms with Crippen LogP contribution in [0.15, 0.2) is 34.1 Å². The standard InChI is InChI=1S/C16H23N7O2/c1-3-17-16(18-11-14-19-12-20-21(14)2)23-8-6-22(7-9-23)15(24)13-5-4-10-25-13/h4-5,10,12H,3,6-9,11H2,1-2H3,(H,17,18). The minimum absolute atomic E-state index is 0.0642. The van der Waals surface area contributed by atoms with Crippen LogP contribution < -0.4 is 5.32 Å². The van der Waals surface area contributed by atoms with Crippen LogP contribution in [-0.4, -0.2) is 69.2 Å². The van der Waals surface area contributed by atoms with Crippen molar-refractivity contribution >= 4 is 11.9 Å². The zero-order chi connectivity index (χ0) is 17.6. The highest BCUT2D eigenvalue weighted by molar-refractivity contribution is 5.91. The Hall–Kier alpha value is -2.84. The Morgan fingerprint density at radius 1 is 1.32 bits per heavy atom. The molecule has 3 heterocycles. The SMILES string of the molecule is CCNC(=NCc1ncnn1C)N1CCN(C(=O)c2ccco2)CC1. The molecule has 2 aromatic heterocycles. The number of nitrogens with one attached hydrogen (secondary N) is 1. The lowest BCUT2D eigenvalue weighted by Gasteiger charge is -2.36.